The first-order chi connectivity index (χ1) is 13.6. The highest BCUT2D eigenvalue weighted by molar-refractivity contribution is 5.70. The Balaban J connectivity index is 1.93. The van der Waals surface area contributed by atoms with Crippen molar-refractivity contribution in [1.82, 2.24) is 0 Å². The lowest BCUT2D eigenvalue weighted by Crippen LogP contribution is -2.07. The smallest absolute Gasteiger partial charge is 0.137 e. The van der Waals surface area contributed by atoms with Crippen LogP contribution >= 0.6 is 0 Å². The molecule has 0 fully saturated rings. The number of hydrogen-bond donors (Lipinski definition) is 0. The van der Waals surface area contributed by atoms with Crippen molar-refractivity contribution in [2.45, 2.75) is 0 Å². The lowest BCUT2D eigenvalue weighted by atomic mass is 10.0. The first-order valence-corrected chi connectivity index (χ1v) is 8.77. The molecule has 28 heavy (non-hydrogen) atoms. The van der Waals surface area contributed by atoms with E-state index < -0.39 is 0 Å². The summed E-state index contributed by atoms with van der Waals surface area (Å²) in [6.07, 6.45) is 7.21. The van der Waals surface area contributed by atoms with E-state index in [0.29, 0.717) is 17.1 Å². The number of hydrogen-bond acceptors (Lipinski definition) is 4. The van der Waals surface area contributed by atoms with Gasteiger partial charge < -0.3 is 9.64 Å². The molecule has 2 aromatic rings. The van der Waals surface area contributed by atoms with Crippen molar-refractivity contribution in [3.8, 4) is 12.1 Å². The van der Waals surface area contributed by atoms with Crippen LogP contribution in [0.25, 0.3) is 11.8 Å². The molecule has 0 saturated heterocycles. The van der Waals surface area contributed by atoms with Gasteiger partial charge in [-0.1, -0.05) is 48.5 Å². The molecule has 0 saturated carbocycles. The Bertz CT molecular complexity index is 1040. The monoisotopic (exact) mass is 365 g/mol. The van der Waals surface area contributed by atoms with Gasteiger partial charge in [0.25, 0.3) is 0 Å². The lowest BCUT2D eigenvalue weighted by molar-refractivity contribution is 0.396. The molecule has 1 aliphatic rings. The molecule has 4 nitrogen and oxygen atoms in total. The quantitative estimate of drug-likeness (QED) is 0.710. The summed E-state index contributed by atoms with van der Waals surface area (Å²) in [4.78, 5) is 2.04. The fraction of sp³-hybridized carbons (Fsp3) is 0.0833. The van der Waals surface area contributed by atoms with Crippen LogP contribution in [0.4, 0.5) is 5.69 Å². The summed E-state index contributed by atoms with van der Waals surface area (Å²) >= 11 is 0. The van der Waals surface area contributed by atoms with E-state index in [-0.39, 0.29) is 5.57 Å². The molecule has 0 aliphatic carbocycles. The summed E-state index contributed by atoms with van der Waals surface area (Å²) in [5, 5.41) is 18.5. The normalized spacial score (nSPS) is 13.1. The Labute approximate surface area is 165 Å². The van der Waals surface area contributed by atoms with Crippen molar-refractivity contribution < 1.29 is 4.74 Å². The van der Waals surface area contributed by atoms with Gasteiger partial charge in [-0.15, -0.1) is 0 Å². The highest BCUT2D eigenvalue weighted by Gasteiger charge is 2.14. The van der Waals surface area contributed by atoms with E-state index in [1.807, 2.05) is 97.9 Å². The zero-order chi connectivity index (χ0) is 19.9. The summed E-state index contributed by atoms with van der Waals surface area (Å²) in [6.45, 7) is 0. The maximum Gasteiger partial charge on any atom is 0.137 e. The fourth-order valence-electron chi connectivity index (χ4n) is 2.71. The third-order valence-electron chi connectivity index (χ3n) is 4.23. The molecule has 0 amide bonds. The molecule has 1 heterocycles. The maximum absolute atomic E-state index is 9.25. The summed E-state index contributed by atoms with van der Waals surface area (Å²) in [5.74, 6) is 1.17. The number of ether oxygens (including phenoxy) is 1. The van der Waals surface area contributed by atoms with Crippen molar-refractivity contribution in [2.24, 2.45) is 0 Å². The van der Waals surface area contributed by atoms with Gasteiger partial charge in [-0.05, 0) is 35.9 Å². The summed E-state index contributed by atoms with van der Waals surface area (Å²) in [6, 6.07) is 21.6. The number of nitriles is 2. The molecule has 2 aromatic carbocycles. The summed E-state index contributed by atoms with van der Waals surface area (Å²) in [5.41, 5.74) is 3.62. The second-order valence-corrected chi connectivity index (χ2v) is 6.40. The van der Waals surface area contributed by atoms with E-state index in [0.717, 1.165) is 16.8 Å². The molecule has 4 heteroatoms. The van der Waals surface area contributed by atoms with E-state index in [1.165, 1.54) is 0 Å². The molecule has 0 spiro atoms. The number of anilines is 1. The molecule has 1 aliphatic heterocycles. The van der Waals surface area contributed by atoms with Gasteiger partial charge in [0.05, 0.1) is 0 Å². The molecular formula is C24H19N3O. The van der Waals surface area contributed by atoms with Gasteiger partial charge in [-0.2, -0.15) is 10.5 Å². The predicted molar refractivity (Wildman–Crippen MR) is 112 cm³/mol. The van der Waals surface area contributed by atoms with Gasteiger partial charge in [-0.3, -0.25) is 0 Å². The van der Waals surface area contributed by atoms with Crippen molar-refractivity contribution in [3.63, 3.8) is 0 Å². The number of rotatable bonds is 4. The van der Waals surface area contributed by atoms with Gasteiger partial charge in [0.2, 0.25) is 0 Å². The molecule has 3 rings (SSSR count). The average Bonchev–Trinajstić information content (AvgIpc) is 2.74. The fourth-order valence-corrected chi connectivity index (χ4v) is 2.71. The molecule has 0 radical (unpaired) electrons. The van der Waals surface area contributed by atoms with E-state index >= 15 is 0 Å². The van der Waals surface area contributed by atoms with Crippen LogP contribution in [0.1, 0.15) is 11.1 Å². The molecule has 0 aromatic heterocycles. The Morgan fingerprint density at radius 2 is 1.57 bits per heavy atom. The van der Waals surface area contributed by atoms with Crippen molar-refractivity contribution >= 4 is 17.5 Å². The third kappa shape index (κ3) is 4.38. The lowest BCUT2D eigenvalue weighted by Gasteiger charge is -2.17. The molecule has 0 bridgehead atoms. The first kappa shape index (κ1) is 18.8. The van der Waals surface area contributed by atoms with E-state index in [4.69, 9.17) is 4.74 Å². The highest BCUT2D eigenvalue weighted by Crippen LogP contribution is 2.29. The van der Waals surface area contributed by atoms with Gasteiger partial charge in [0, 0.05) is 30.9 Å². The average molecular weight is 365 g/mol. The number of allylic oxidation sites excluding steroid dienone is 5. The SMILES string of the molecule is CN(C)c1ccc(C=CC2=CC(=C(C#N)C#N)C=C(c3ccccc3)O2)cc1. The van der Waals surface area contributed by atoms with Gasteiger partial charge in [0.1, 0.15) is 29.2 Å². The minimum absolute atomic E-state index is 0.0537. The summed E-state index contributed by atoms with van der Waals surface area (Å²) < 4.78 is 6.00. The Morgan fingerprint density at radius 1 is 0.893 bits per heavy atom. The Kier molecular flexibility index (Phi) is 5.75. The molecule has 0 unspecified atom stereocenters. The van der Waals surface area contributed by atoms with Crippen LogP contribution in [-0.2, 0) is 4.74 Å². The van der Waals surface area contributed by atoms with Gasteiger partial charge in [0.15, 0.2) is 0 Å². The molecule has 136 valence electrons. The van der Waals surface area contributed by atoms with Gasteiger partial charge >= 0.3 is 0 Å². The zero-order valence-electron chi connectivity index (χ0n) is 15.8. The highest BCUT2D eigenvalue weighted by atomic mass is 16.5. The Hall–Kier alpha value is -4.02. The predicted octanol–water partition coefficient (Wildman–Crippen LogP) is 5.06. The molecule has 0 N–H and O–H groups in total. The van der Waals surface area contributed by atoms with Crippen LogP contribution in [0.3, 0.4) is 0 Å². The van der Waals surface area contributed by atoms with Gasteiger partial charge in [-0.25, -0.2) is 0 Å². The first-order valence-electron chi connectivity index (χ1n) is 8.77. The van der Waals surface area contributed by atoms with Crippen LogP contribution < -0.4 is 4.90 Å². The third-order valence-corrected chi connectivity index (χ3v) is 4.23. The van der Waals surface area contributed by atoms with E-state index in [1.54, 1.807) is 12.2 Å². The standard InChI is InChI=1S/C24H19N3O/c1-27(2)22-11-8-18(9-12-22)10-13-23-14-20(21(16-25)17-26)15-24(28-23)19-6-4-3-5-7-19/h3-15H,1-2H3. The number of benzene rings is 2. The summed E-state index contributed by atoms with van der Waals surface area (Å²) in [7, 11) is 4.00. The largest absolute Gasteiger partial charge is 0.457 e. The second kappa shape index (κ2) is 8.58. The second-order valence-electron chi connectivity index (χ2n) is 6.40. The topological polar surface area (TPSA) is 60.0 Å². The van der Waals surface area contributed by atoms with Crippen molar-refractivity contribution in [1.29, 1.82) is 10.5 Å². The van der Waals surface area contributed by atoms with Crippen LogP contribution in [0, 0.1) is 22.7 Å². The van der Waals surface area contributed by atoms with Crippen LogP contribution in [-0.4, -0.2) is 14.1 Å². The minimum Gasteiger partial charge on any atom is -0.457 e. The van der Waals surface area contributed by atoms with Crippen LogP contribution in [0.5, 0.6) is 0 Å². The van der Waals surface area contributed by atoms with E-state index in [2.05, 4.69) is 0 Å². The van der Waals surface area contributed by atoms with Crippen molar-refractivity contribution in [3.05, 3.63) is 101 Å². The maximum atomic E-state index is 9.25. The van der Waals surface area contributed by atoms with Crippen LogP contribution in [0.15, 0.2) is 89.7 Å². The Morgan fingerprint density at radius 3 is 2.18 bits per heavy atom. The van der Waals surface area contributed by atoms with E-state index in [9.17, 15) is 10.5 Å². The van der Waals surface area contributed by atoms with Crippen LogP contribution in [0.2, 0.25) is 0 Å². The van der Waals surface area contributed by atoms with Crippen molar-refractivity contribution in [2.75, 3.05) is 19.0 Å². The minimum atomic E-state index is 0.0537. The zero-order valence-corrected chi connectivity index (χ0v) is 15.8. The molecular weight excluding hydrogens is 346 g/mol. The number of nitrogens with zero attached hydrogens (tertiary/aromatic N) is 3. The molecule has 0 atom stereocenters.